The zero-order valence-electron chi connectivity index (χ0n) is 9.55. The average Bonchev–Trinajstić information content (AvgIpc) is 2.01. The Morgan fingerprint density at radius 2 is 1.71 bits per heavy atom. The highest BCUT2D eigenvalue weighted by Crippen LogP contribution is 2.30. The Morgan fingerprint density at radius 3 is 2.21 bits per heavy atom. The van der Waals surface area contributed by atoms with Crippen molar-refractivity contribution in [3.8, 4) is 11.5 Å². The molecule has 0 N–H and O–H groups in total. The molecule has 0 aliphatic heterocycles. The summed E-state index contributed by atoms with van der Waals surface area (Å²) in [6, 6.07) is 5.93. The molecule has 0 amide bonds. The van der Waals surface area contributed by atoms with Crippen molar-refractivity contribution in [1.82, 2.24) is 0 Å². The van der Waals surface area contributed by atoms with E-state index in [4.69, 9.17) is 9.47 Å². The Bertz CT molecular complexity index is 311. The highest BCUT2D eigenvalue weighted by atomic mass is 16.5. The molecule has 1 rings (SSSR count). The average molecular weight is 194 g/mol. The van der Waals surface area contributed by atoms with E-state index >= 15 is 0 Å². The van der Waals surface area contributed by atoms with Gasteiger partial charge in [-0.15, -0.1) is 0 Å². The molecule has 0 aromatic heterocycles. The second-order valence-corrected chi connectivity index (χ2v) is 4.37. The van der Waals surface area contributed by atoms with E-state index in [0.717, 1.165) is 11.5 Å². The molecule has 0 spiro atoms. The van der Waals surface area contributed by atoms with Crippen LogP contribution in [0.2, 0.25) is 0 Å². The van der Waals surface area contributed by atoms with Gasteiger partial charge in [-0.2, -0.15) is 0 Å². The zero-order valence-corrected chi connectivity index (χ0v) is 9.55. The molecular weight excluding hydrogens is 176 g/mol. The molecule has 1 aromatic rings. The molecule has 0 atom stereocenters. The second kappa shape index (κ2) is 3.91. The van der Waals surface area contributed by atoms with E-state index < -0.39 is 0 Å². The van der Waals surface area contributed by atoms with Crippen LogP contribution in [0.4, 0.5) is 0 Å². The van der Waals surface area contributed by atoms with E-state index in [-0.39, 0.29) is 5.60 Å². The lowest BCUT2D eigenvalue weighted by atomic mass is 10.1. The van der Waals surface area contributed by atoms with Crippen LogP contribution in [-0.2, 0) is 0 Å². The van der Waals surface area contributed by atoms with Gasteiger partial charge >= 0.3 is 0 Å². The summed E-state index contributed by atoms with van der Waals surface area (Å²) < 4.78 is 11.0. The Labute approximate surface area is 85.8 Å². The van der Waals surface area contributed by atoms with Gasteiger partial charge in [-0.25, -0.2) is 0 Å². The zero-order chi connectivity index (χ0) is 10.8. The van der Waals surface area contributed by atoms with Crippen molar-refractivity contribution in [3.63, 3.8) is 0 Å². The molecule has 0 saturated carbocycles. The Balaban J connectivity index is 2.99. The van der Waals surface area contributed by atoms with Crippen LogP contribution in [0.25, 0.3) is 0 Å². The van der Waals surface area contributed by atoms with Crippen molar-refractivity contribution in [3.05, 3.63) is 23.8 Å². The minimum atomic E-state index is -0.193. The predicted octanol–water partition coefficient (Wildman–Crippen LogP) is 3.18. The first-order valence-electron chi connectivity index (χ1n) is 4.76. The molecule has 0 unspecified atom stereocenters. The summed E-state index contributed by atoms with van der Waals surface area (Å²) in [6.45, 7) is 8.10. The lowest BCUT2D eigenvalue weighted by Crippen LogP contribution is -2.23. The summed E-state index contributed by atoms with van der Waals surface area (Å²) in [5.74, 6) is 1.59. The standard InChI is InChI=1S/C12H18O2/c1-9-6-7-10(13-5)11(8-9)14-12(2,3)4/h6-8H,1-5H3. The van der Waals surface area contributed by atoms with E-state index in [1.807, 2.05) is 45.9 Å². The van der Waals surface area contributed by atoms with Crippen molar-refractivity contribution < 1.29 is 9.47 Å². The quantitative estimate of drug-likeness (QED) is 0.720. The maximum atomic E-state index is 5.78. The topological polar surface area (TPSA) is 18.5 Å². The first-order chi connectivity index (χ1) is 6.42. The first kappa shape index (κ1) is 10.9. The molecule has 0 bridgehead atoms. The van der Waals surface area contributed by atoms with Gasteiger partial charge in [0.15, 0.2) is 11.5 Å². The second-order valence-electron chi connectivity index (χ2n) is 4.37. The summed E-state index contributed by atoms with van der Waals surface area (Å²) >= 11 is 0. The van der Waals surface area contributed by atoms with Crippen molar-refractivity contribution >= 4 is 0 Å². The van der Waals surface area contributed by atoms with E-state index in [9.17, 15) is 0 Å². The van der Waals surface area contributed by atoms with Crippen molar-refractivity contribution in [2.45, 2.75) is 33.3 Å². The first-order valence-corrected chi connectivity index (χ1v) is 4.76. The van der Waals surface area contributed by atoms with E-state index in [0.29, 0.717) is 0 Å². The van der Waals surface area contributed by atoms with Gasteiger partial charge < -0.3 is 9.47 Å². The molecule has 0 heterocycles. The fourth-order valence-electron chi connectivity index (χ4n) is 1.19. The number of hydrogen-bond acceptors (Lipinski definition) is 2. The lowest BCUT2D eigenvalue weighted by molar-refractivity contribution is 0.125. The number of benzene rings is 1. The van der Waals surface area contributed by atoms with Crippen LogP contribution in [0.1, 0.15) is 26.3 Å². The maximum Gasteiger partial charge on any atom is 0.162 e. The smallest absolute Gasteiger partial charge is 0.162 e. The van der Waals surface area contributed by atoms with Crippen LogP contribution in [0.3, 0.4) is 0 Å². The molecule has 0 fully saturated rings. The van der Waals surface area contributed by atoms with Crippen LogP contribution in [0.15, 0.2) is 18.2 Å². The van der Waals surface area contributed by atoms with Gasteiger partial charge in [0.05, 0.1) is 7.11 Å². The van der Waals surface area contributed by atoms with Crippen LogP contribution < -0.4 is 9.47 Å². The third-order valence-corrected chi connectivity index (χ3v) is 1.74. The third kappa shape index (κ3) is 2.95. The molecule has 0 aliphatic carbocycles. The summed E-state index contributed by atoms with van der Waals surface area (Å²) in [5, 5.41) is 0. The third-order valence-electron chi connectivity index (χ3n) is 1.74. The van der Waals surface area contributed by atoms with Crippen LogP contribution >= 0.6 is 0 Å². The number of ether oxygens (including phenoxy) is 2. The van der Waals surface area contributed by atoms with Crippen LogP contribution in [0.5, 0.6) is 11.5 Å². The van der Waals surface area contributed by atoms with Gasteiger partial charge in [-0.3, -0.25) is 0 Å². The number of aryl methyl sites for hydroxylation is 1. The Kier molecular flexibility index (Phi) is 3.04. The van der Waals surface area contributed by atoms with Gasteiger partial charge in [0.25, 0.3) is 0 Å². The largest absolute Gasteiger partial charge is 0.493 e. The van der Waals surface area contributed by atoms with Gasteiger partial charge in [0.2, 0.25) is 0 Å². The molecule has 14 heavy (non-hydrogen) atoms. The van der Waals surface area contributed by atoms with E-state index in [2.05, 4.69) is 0 Å². The van der Waals surface area contributed by atoms with Gasteiger partial charge in [-0.05, 0) is 45.4 Å². The molecule has 1 aromatic carbocycles. The SMILES string of the molecule is COc1ccc(C)cc1OC(C)(C)C. The van der Waals surface area contributed by atoms with Gasteiger partial charge in [-0.1, -0.05) is 6.07 Å². The molecule has 0 radical (unpaired) electrons. The van der Waals surface area contributed by atoms with Crippen LogP contribution in [0, 0.1) is 6.92 Å². The fourth-order valence-corrected chi connectivity index (χ4v) is 1.19. The molecule has 0 aliphatic rings. The number of hydrogen-bond donors (Lipinski definition) is 0. The predicted molar refractivity (Wildman–Crippen MR) is 58.1 cm³/mol. The fraction of sp³-hybridized carbons (Fsp3) is 0.500. The molecule has 0 saturated heterocycles. The highest BCUT2D eigenvalue weighted by Gasteiger charge is 2.14. The summed E-state index contributed by atoms with van der Waals surface area (Å²) in [4.78, 5) is 0. The normalized spacial score (nSPS) is 11.2. The van der Waals surface area contributed by atoms with Crippen molar-refractivity contribution in [1.29, 1.82) is 0 Å². The minimum absolute atomic E-state index is 0.193. The number of rotatable bonds is 2. The van der Waals surface area contributed by atoms with Crippen molar-refractivity contribution in [2.75, 3.05) is 7.11 Å². The molecular formula is C12H18O2. The minimum Gasteiger partial charge on any atom is -0.493 e. The molecule has 78 valence electrons. The van der Waals surface area contributed by atoms with Crippen molar-refractivity contribution in [2.24, 2.45) is 0 Å². The van der Waals surface area contributed by atoms with Gasteiger partial charge in [0.1, 0.15) is 5.60 Å². The van der Waals surface area contributed by atoms with E-state index in [1.165, 1.54) is 5.56 Å². The molecule has 2 nitrogen and oxygen atoms in total. The molecule has 2 heteroatoms. The summed E-state index contributed by atoms with van der Waals surface area (Å²) in [7, 11) is 1.65. The monoisotopic (exact) mass is 194 g/mol. The summed E-state index contributed by atoms with van der Waals surface area (Å²) in [5.41, 5.74) is 0.978. The van der Waals surface area contributed by atoms with Crippen LogP contribution in [-0.4, -0.2) is 12.7 Å². The van der Waals surface area contributed by atoms with Gasteiger partial charge in [0, 0.05) is 0 Å². The Morgan fingerprint density at radius 1 is 1.07 bits per heavy atom. The Hall–Kier alpha value is -1.18. The highest BCUT2D eigenvalue weighted by molar-refractivity contribution is 5.42. The summed E-state index contributed by atoms with van der Waals surface area (Å²) in [6.07, 6.45) is 0. The number of methoxy groups -OCH3 is 1. The van der Waals surface area contributed by atoms with E-state index in [1.54, 1.807) is 7.11 Å². The lowest BCUT2D eigenvalue weighted by Gasteiger charge is -2.22. The maximum absolute atomic E-state index is 5.78.